The third-order valence-corrected chi connectivity index (χ3v) is 6.40. The highest BCUT2D eigenvalue weighted by molar-refractivity contribution is 7.18. The number of amides is 1. The highest BCUT2D eigenvalue weighted by atomic mass is 32.1. The number of aliphatic carboxylic acids is 1. The number of hydrogen-bond donors (Lipinski definition) is 1. The molecule has 1 amide bonds. The van der Waals surface area contributed by atoms with E-state index in [2.05, 4.69) is 18.2 Å². The van der Waals surface area contributed by atoms with Gasteiger partial charge in [-0.2, -0.15) is 0 Å². The number of para-hydroxylation sites is 1. The quantitative estimate of drug-likeness (QED) is 0.817. The summed E-state index contributed by atoms with van der Waals surface area (Å²) in [6.07, 6.45) is 5.20. The van der Waals surface area contributed by atoms with Gasteiger partial charge in [0.15, 0.2) is 0 Å². The highest BCUT2D eigenvalue weighted by Gasteiger charge is 2.36. The molecule has 0 saturated carbocycles. The minimum atomic E-state index is -0.901. The molecule has 4 rings (SSSR count). The third-order valence-electron chi connectivity index (χ3n) is 5.23. The molecule has 142 valence electrons. The van der Waals surface area contributed by atoms with Crippen LogP contribution in [0.3, 0.4) is 0 Å². The minimum absolute atomic E-state index is 0.0701. The Morgan fingerprint density at radius 1 is 1.26 bits per heavy atom. The average molecular weight is 386 g/mol. The lowest BCUT2D eigenvalue weighted by Gasteiger charge is -2.36. The van der Waals surface area contributed by atoms with Gasteiger partial charge < -0.3 is 14.7 Å². The van der Waals surface area contributed by atoms with Crippen molar-refractivity contribution in [2.24, 2.45) is 5.92 Å². The molecule has 1 aromatic carbocycles. The summed E-state index contributed by atoms with van der Waals surface area (Å²) in [4.78, 5) is 30.8. The summed E-state index contributed by atoms with van der Waals surface area (Å²) < 4.78 is 6.65. The summed E-state index contributed by atoms with van der Waals surface area (Å²) in [5.74, 6) is -0.899. The number of carboxylic acid groups (broad SMARTS) is 1. The number of morpholine rings is 1. The smallest absolute Gasteiger partial charge is 0.306 e. The monoisotopic (exact) mass is 386 g/mol. The third kappa shape index (κ3) is 3.89. The normalized spacial score (nSPS) is 25.6. The van der Waals surface area contributed by atoms with E-state index >= 15 is 0 Å². The van der Waals surface area contributed by atoms with Gasteiger partial charge in [0.25, 0.3) is 0 Å². The van der Waals surface area contributed by atoms with Crippen molar-refractivity contribution in [3.63, 3.8) is 0 Å². The molecule has 2 aromatic rings. The van der Waals surface area contributed by atoms with Crippen molar-refractivity contribution < 1.29 is 19.4 Å². The number of hydrogen-bond acceptors (Lipinski definition) is 5. The second-order valence-corrected chi connectivity index (χ2v) is 8.11. The zero-order chi connectivity index (χ0) is 18.8. The molecular formula is C20H22N2O4S. The zero-order valence-electron chi connectivity index (χ0n) is 14.9. The van der Waals surface area contributed by atoms with Gasteiger partial charge in [-0.25, -0.2) is 4.98 Å². The summed E-state index contributed by atoms with van der Waals surface area (Å²) in [6.45, 7) is 1.25. The first-order valence-electron chi connectivity index (χ1n) is 9.24. The van der Waals surface area contributed by atoms with Gasteiger partial charge in [-0.05, 0) is 25.0 Å². The van der Waals surface area contributed by atoms with Gasteiger partial charge in [0.1, 0.15) is 0 Å². The van der Waals surface area contributed by atoms with E-state index in [9.17, 15) is 9.59 Å². The fourth-order valence-corrected chi connectivity index (χ4v) is 5.03. The first-order valence-corrected chi connectivity index (χ1v) is 10.1. The van der Waals surface area contributed by atoms with Crippen molar-refractivity contribution in [2.75, 3.05) is 19.7 Å². The number of aromatic nitrogens is 1. The molecule has 1 N–H and O–H groups in total. The largest absolute Gasteiger partial charge is 0.481 e. The maximum absolute atomic E-state index is 13.2. The van der Waals surface area contributed by atoms with Crippen LogP contribution in [0.15, 0.2) is 36.4 Å². The van der Waals surface area contributed by atoms with Crippen LogP contribution in [0.2, 0.25) is 0 Å². The van der Waals surface area contributed by atoms with Crippen LogP contribution in [-0.2, 0) is 14.3 Å². The van der Waals surface area contributed by atoms with Crippen molar-refractivity contribution in [1.29, 1.82) is 0 Å². The van der Waals surface area contributed by atoms with Gasteiger partial charge >= 0.3 is 5.97 Å². The van der Waals surface area contributed by atoms with Crippen LogP contribution in [-0.4, -0.2) is 52.7 Å². The van der Waals surface area contributed by atoms with E-state index in [0.29, 0.717) is 26.1 Å². The molecule has 0 bridgehead atoms. The molecule has 0 radical (unpaired) electrons. The highest BCUT2D eigenvalue weighted by Crippen LogP contribution is 2.39. The van der Waals surface area contributed by atoms with Crippen LogP contribution in [0.1, 0.15) is 30.2 Å². The molecular weight excluding hydrogens is 364 g/mol. The van der Waals surface area contributed by atoms with Crippen molar-refractivity contribution in [3.8, 4) is 0 Å². The lowest BCUT2D eigenvalue weighted by Crippen LogP contribution is -2.49. The topological polar surface area (TPSA) is 79.7 Å². The number of carbonyl (C=O) groups is 2. The second kappa shape index (κ2) is 7.78. The summed E-state index contributed by atoms with van der Waals surface area (Å²) in [7, 11) is 0. The van der Waals surface area contributed by atoms with E-state index in [0.717, 1.165) is 21.6 Å². The molecule has 6 nitrogen and oxygen atoms in total. The maximum Gasteiger partial charge on any atom is 0.306 e. The Morgan fingerprint density at radius 3 is 2.89 bits per heavy atom. The second-order valence-electron chi connectivity index (χ2n) is 7.05. The Labute approximate surface area is 161 Å². The number of ether oxygens (including phenoxy) is 1. The molecule has 1 saturated heterocycles. The van der Waals surface area contributed by atoms with Crippen LogP contribution >= 0.6 is 11.3 Å². The fourth-order valence-electron chi connectivity index (χ4n) is 3.88. The molecule has 2 aliphatic rings. The first kappa shape index (κ1) is 18.1. The van der Waals surface area contributed by atoms with E-state index in [-0.39, 0.29) is 24.2 Å². The van der Waals surface area contributed by atoms with Crippen molar-refractivity contribution in [3.05, 3.63) is 41.4 Å². The molecule has 3 atom stereocenters. The lowest BCUT2D eigenvalue weighted by atomic mass is 9.82. The van der Waals surface area contributed by atoms with Crippen molar-refractivity contribution in [1.82, 2.24) is 9.88 Å². The van der Waals surface area contributed by atoms with E-state index in [1.807, 2.05) is 18.2 Å². The van der Waals surface area contributed by atoms with E-state index < -0.39 is 12.1 Å². The number of nitrogens with zero attached hydrogens (tertiary/aromatic N) is 2. The van der Waals surface area contributed by atoms with Gasteiger partial charge in [-0.15, -0.1) is 11.3 Å². The van der Waals surface area contributed by atoms with Crippen LogP contribution in [0.25, 0.3) is 10.2 Å². The van der Waals surface area contributed by atoms with Crippen molar-refractivity contribution in [2.45, 2.75) is 31.3 Å². The Balaban J connectivity index is 1.54. The molecule has 1 aliphatic heterocycles. The summed E-state index contributed by atoms with van der Waals surface area (Å²) >= 11 is 1.66. The number of rotatable bonds is 4. The van der Waals surface area contributed by atoms with Gasteiger partial charge in [-0.1, -0.05) is 24.3 Å². The Kier molecular flexibility index (Phi) is 5.22. The molecule has 0 spiro atoms. The predicted molar refractivity (Wildman–Crippen MR) is 103 cm³/mol. The average Bonchev–Trinajstić information content (AvgIpc) is 3.11. The summed E-state index contributed by atoms with van der Waals surface area (Å²) in [6, 6.07) is 8.04. The van der Waals surface area contributed by atoms with Gasteiger partial charge in [0, 0.05) is 19.0 Å². The first-order chi connectivity index (χ1) is 13.1. The minimum Gasteiger partial charge on any atom is -0.481 e. The molecule has 1 fully saturated rings. The predicted octanol–water partition coefficient (Wildman–Crippen LogP) is 3.05. The standard InChI is InChI=1S/C20H22N2O4S/c23-18(24)11-13-12-22(9-10-26-13)20(25)15-6-2-1-5-14(15)19-21-16-7-3-4-8-17(16)27-19/h1-4,7-8,13-15H,5-6,9-12H2,(H,23,24). The van der Waals surface area contributed by atoms with Crippen LogP contribution in [0.5, 0.6) is 0 Å². The Hall–Kier alpha value is -2.25. The van der Waals surface area contributed by atoms with Crippen LogP contribution in [0.4, 0.5) is 0 Å². The number of fused-ring (bicyclic) bond motifs is 1. The molecule has 2 heterocycles. The van der Waals surface area contributed by atoms with Gasteiger partial charge in [0.2, 0.25) is 5.91 Å². The van der Waals surface area contributed by atoms with Crippen LogP contribution in [0, 0.1) is 5.92 Å². The zero-order valence-corrected chi connectivity index (χ0v) is 15.7. The van der Waals surface area contributed by atoms with Crippen LogP contribution < -0.4 is 0 Å². The molecule has 1 aromatic heterocycles. The van der Waals surface area contributed by atoms with E-state index in [1.54, 1.807) is 16.2 Å². The number of thiazole rings is 1. The molecule has 7 heteroatoms. The number of carboxylic acids is 1. The van der Waals surface area contributed by atoms with Gasteiger partial charge in [0.05, 0.1) is 40.3 Å². The maximum atomic E-state index is 13.2. The Bertz CT molecular complexity index is 845. The summed E-state index contributed by atoms with van der Waals surface area (Å²) in [5.41, 5.74) is 0.978. The molecule has 1 aliphatic carbocycles. The lowest BCUT2D eigenvalue weighted by molar-refractivity contribution is -0.150. The van der Waals surface area contributed by atoms with E-state index in [4.69, 9.17) is 14.8 Å². The molecule has 27 heavy (non-hydrogen) atoms. The number of benzene rings is 1. The fraction of sp³-hybridized carbons (Fsp3) is 0.450. The number of carbonyl (C=O) groups excluding carboxylic acids is 1. The SMILES string of the molecule is O=C(O)CC1CN(C(=O)C2CC=CCC2c2nc3ccccc3s2)CCO1. The molecule has 3 unspecified atom stereocenters. The van der Waals surface area contributed by atoms with Gasteiger partial charge in [-0.3, -0.25) is 9.59 Å². The van der Waals surface area contributed by atoms with E-state index in [1.165, 1.54) is 0 Å². The summed E-state index contributed by atoms with van der Waals surface area (Å²) in [5, 5.41) is 10.0. The Morgan fingerprint density at radius 2 is 2.07 bits per heavy atom. The van der Waals surface area contributed by atoms with Crippen molar-refractivity contribution >= 4 is 33.4 Å². The number of allylic oxidation sites excluding steroid dienone is 2.